The predicted octanol–water partition coefficient (Wildman–Crippen LogP) is 2.86. The van der Waals surface area contributed by atoms with E-state index in [4.69, 9.17) is 0 Å². The van der Waals surface area contributed by atoms with Crippen LogP contribution in [-0.4, -0.2) is 50.5 Å². The Bertz CT molecular complexity index is 800. The molecule has 1 aromatic carbocycles. The molecular weight excluding hydrogens is 340 g/mol. The number of carbonyl (C=O) groups is 2. The molecule has 0 saturated carbocycles. The van der Waals surface area contributed by atoms with Crippen LogP contribution in [-0.2, 0) is 17.9 Å². The molecule has 2 amide bonds. The molecule has 1 aliphatic heterocycles. The van der Waals surface area contributed by atoms with E-state index >= 15 is 0 Å². The average Bonchev–Trinajstić information content (AvgIpc) is 2.99. The maximum absolute atomic E-state index is 13.1. The molecule has 0 spiro atoms. The van der Waals surface area contributed by atoms with Gasteiger partial charge in [0, 0.05) is 38.6 Å². The number of rotatable bonds is 5. The Labute approximate surface area is 160 Å². The average molecular weight is 368 g/mol. The topological polar surface area (TPSA) is 58.4 Å². The van der Waals surface area contributed by atoms with Crippen LogP contribution in [0.2, 0.25) is 0 Å². The van der Waals surface area contributed by atoms with E-state index in [-0.39, 0.29) is 17.9 Å². The van der Waals surface area contributed by atoms with Gasteiger partial charge in [-0.1, -0.05) is 37.3 Å². The van der Waals surface area contributed by atoms with Crippen molar-refractivity contribution in [3.63, 3.8) is 0 Å². The highest BCUT2D eigenvalue weighted by Gasteiger charge is 2.32. The number of aromatic nitrogens is 2. The number of hydrogen-bond donors (Lipinski definition) is 0. The Kier molecular flexibility index (Phi) is 5.94. The molecule has 1 saturated heterocycles. The van der Waals surface area contributed by atoms with Crippen molar-refractivity contribution >= 4 is 11.8 Å². The maximum atomic E-state index is 13.1. The summed E-state index contributed by atoms with van der Waals surface area (Å²) >= 11 is 0. The maximum Gasteiger partial charge on any atom is 0.272 e. The first-order valence-corrected chi connectivity index (χ1v) is 9.70. The van der Waals surface area contributed by atoms with E-state index in [0.717, 1.165) is 17.7 Å². The van der Waals surface area contributed by atoms with Gasteiger partial charge in [0.15, 0.2) is 0 Å². The van der Waals surface area contributed by atoms with Crippen molar-refractivity contribution in [1.29, 1.82) is 0 Å². The van der Waals surface area contributed by atoms with E-state index in [0.29, 0.717) is 38.3 Å². The Morgan fingerprint density at radius 2 is 1.96 bits per heavy atom. The van der Waals surface area contributed by atoms with Gasteiger partial charge in [-0.2, -0.15) is 5.10 Å². The molecule has 1 fully saturated rings. The van der Waals surface area contributed by atoms with Crippen LogP contribution in [0.1, 0.15) is 48.4 Å². The Morgan fingerprint density at radius 1 is 1.22 bits per heavy atom. The zero-order valence-corrected chi connectivity index (χ0v) is 16.4. The molecule has 1 aliphatic rings. The number of amides is 2. The molecule has 6 heteroatoms. The minimum atomic E-state index is -0.0368. The van der Waals surface area contributed by atoms with Gasteiger partial charge in [0.2, 0.25) is 5.91 Å². The summed E-state index contributed by atoms with van der Waals surface area (Å²) in [6.07, 6.45) is 1.17. The van der Waals surface area contributed by atoms with Crippen LogP contribution in [0, 0.1) is 6.92 Å². The summed E-state index contributed by atoms with van der Waals surface area (Å²) in [6, 6.07) is 11.9. The molecule has 3 rings (SSSR count). The van der Waals surface area contributed by atoms with E-state index < -0.39 is 0 Å². The second-order valence-corrected chi connectivity index (χ2v) is 7.06. The summed E-state index contributed by atoms with van der Waals surface area (Å²) in [5, 5.41) is 4.39. The van der Waals surface area contributed by atoms with Crippen LogP contribution in [0.4, 0.5) is 0 Å². The first kappa shape index (κ1) is 19.1. The summed E-state index contributed by atoms with van der Waals surface area (Å²) in [5.74, 6) is 0.0754. The van der Waals surface area contributed by atoms with Crippen LogP contribution in [0.5, 0.6) is 0 Å². The SMILES string of the molecule is CCC1CN(C(=O)c2cc(C)nn2CC)CCC(=O)N1Cc1ccccc1. The number of aryl methyl sites for hydroxylation is 2. The number of nitrogens with zero attached hydrogens (tertiary/aromatic N) is 4. The predicted molar refractivity (Wildman–Crippen MR) is 104 cm³/mol. The smallest absolute Gasteiger partial charge is 0.272 e. The molecule has 0 aliphatic carbocycles. The normalized spacial score (nSPS) is 17.9. The van der Waals surface area contributed by atoms with Gasteiger partial charge in [-0.25, -0.2) is 0 Å². The summed E-state index contributed by atoms with van der Waals surface area (Å²) in [5.41, 5.74) is 2.56. The largest absolute Gasteiger partial charge is 0.335 e. The third-order valence-electron chi connectivity index (χ3n) is 5.16. The van der Waals surface area contributed by atoms with Gasteiger partial charge < -0.3 is 9.80 Å². The molecule has 2 heterocycles. The zero-order chi connectivity index (χ0) is 19.4. The summed E-state index contributed by atoms with van der Waals surface area (Å²) in [7, 11) is 0. The second-order valence-electron chi connectivity index (χ2n) is 7.06. The quantitative estimate of drug-likeness (QED) is 0.815. The molecule has 1 atom stereocenters. The first-order valence-electron chi connectivity index (χ1n) is 9.70. The Balaban J connectivity index is 1.80. The van der Waals surface area contributed by atoms with Crippen molar-refractivity contribution in [3.05, 3.63) is 53.3 Å². The molecule has 6 nitrogen and oxygen atoms in total. The molecule has 2 aromatic rings. The molecule has 1 unspecified atom stereocenters. The minimum Gasteiger partial charge on any atom is -0.335 e. The van der Waals surface area contributed by atoms with Gasteiger partial charge >= 0.3 is 0 Å². The molecule has 0 N–H and O–H groups in total. The third-order valence-corrected chi connectivity index (χ3v) is 5.16. The standard InChI is InChI=1S/C21H28N4O2/c1-4-18-15-23(21(27)19-13-16(3)22-25(19)5-2)12-11-20(26)24(18)14-17-9-7-6-8-10-17/h6-10,13,18H,4-5,11-12,14-15H2,1-3H3. The van der Waals surface area contributed by atoms with Gasteiger partial charge in [-0.3, -0.25) is 14.3 Å². The van der Waals surface area contributed by atoms with Crippen molar-refractivity contribution in [2.75, 3.05) is 13.1 Å². The summed E-state index contributed by atoms with van der Waals surface area (Å²) in [4.78, 5) is 29.7. The lowest BCUT2D eigenvalue weighted by Crippen LogP contribution is -2.44. The second kappa shape index (κ2) is 8.37. The lowest BCUT2D eigenvalue weighted by atomic mass is 10.1. The third kappa shape index (κ3) is 4.21. The zero-order valence-electron chi connectivity index (χ0n) is 16.4. The van der Waals surface area contributed by atoms with Gasteiger partial charge in [-0.05, 0) is 31.9 Å². The van der Waals surface area contributed by atoms with Crippen molar-refractivity contribution in [2.45, 2.75) is 52.7 Å². The Hall–Kier alpha value is -2.63. The number of benzene rings is 1. The van der Waals surface area contributed by atoms with E-state index in [1.165, 1.54) is 0 Å². The van der Waals surface area contributed by atoms with Gasteiger partial charge in [0.25, 0.3) is 5.91 Å². The van der Waals surface area contributed by atoms with E-state index in [9.17, 15) is 9.59 Å². The van der Waals surface area contributed by atoms with E-state index in [1.807, 2.05) is 60.0 Å². The minimum absolute atomic E-state index is 0.0169. The van der Waals surface area contributed by atoms with E-state index in [2.05, 4.69) is 12.0 Å². The fourth-order valence-electron chi connectivity index (χ4n) is 3.67. The number of hydrogen-bond acceptors (Lipinski definition) is 3. The highest BCUT2D eigenvalue weighted by Crippen LogP contribution is 2.19. The molecule has 27 heavy (non-hydrogen) atoms. The lowest BCUT2D eigenvalue weighted by Gasteiger charge is -2.31. The van der Waals surface area contributed by atoms with Crippen molar-refractivity contribution in [1.82, 2.24) is 19.6 Å². The Morgan fingerprint density at radius 3 is 2.63 bits per heavy atom. The molecule has 144 valence electrons. The van der Waals surface area contributed by atoms with E-state index in [1.54, 1.807) is 4.68 Å². The van der Waals surface area contributed by atoms with Crippen molar-refractivity contribution in [2.24, 2.45) is 0 Å². The fraction of sp³-hybridized carbons (Fsp3) is 0.476. The van der Waals surface area contributed by atoms with Crippen molar-refractivity contribution in [3.8, 4) is 0 Å². The molecule has 0 bridgehead atoms. The van der Waals surface area contributed by atoms with Crippen LogP contribution in [0.25, 0.3) is 0 Å². The van der Waals surface area contributed by atoms with Crippen LogP contribution in [0.15, 0.2) is 36.4 Å². The summed E-state index contributed by atoms with van der Waals surface area (Å²) in [6.45, 7) is 8.20. The first-order chi connectivity index (χ1) is 13.0. The van der Waals surface area contributed by atoms with Crippen LogP contribution >= 0.6 is 0 Å². The lowest BCUT2D eigenvalue weighted by molar-refractivity contribution is -0.133. The van der Waals surface area contributed by atoms with Crippen LogP contribution in [0.3, 0.4) is 0 Å². The van der Waals surface area contributed by atoms with Crippen molar-refractivity contribution < 1.29 is 9.59 Å². The highest BCUT2D eigenvalue weighted by atomic mass is 16.2. The highest BCUT2D eigenvalue weighted by molar-refractivity contribution is 5.93. The van der Waals surface area contributed by atoms with Gasteiger partial charge in [0.05, 0.1) is 5.69 Å². The van der Waals surface area contributed by atoms with Gasteiger partial charge in [-0.15, -0.1) is 0 Å². The fourth-order valence-corrected chi connectivity index (χ4v) is 3.67. The molecule has 0 radical (unpaired) electrons. The number of carbonyl (C=O) groups excluding carboxylic acids is 2. The summed E-state index contributed by atoms with van der Waals surface area (Å²) < 4.78 is 1.74. The van der Waals surface area contributed by atoms with Crippen LogP contribution < -0.4 is 0 Å². The molecule has 1 aromatic heterocycles. The monoisotopic (exact) mass is 368 g/mol. The van der Waals surface area contributed by atoms with Gasteiger partial charge in [0.1, 0.15) is 5.69 Å². The molecular formula is C21H28N4O2.